The molecule has 3 nitrogen and oxygen atoms in total. The first kappa shape index (κ1) is 10.7. The Balaban J connectivity index is 1.89. The molecule has 1 saturated heterocycles. The highest BCUT2D eigenvalue weighted by molar-refractivity contribution is 5.84. The average Bonchev–Trinajstić information content (AvgIpc) is 2.40. The minimum absolute atomic E-state index is 0.627. The lowest BCUT2D eigenvalue weighted by molar-refractivity contribution is 0.400. The summed E-state index contributed by atoms with van der Waals surface area (Å²) in [5.41, 5.74) is 1.39. The highest BCUT2D eigenvalue weighted by atomic mass is 15.1. The summed E-state index contributed by atoms with van der Waals surface area (Å²) in [4.78, 5) is 0. The number of nitrogens with one attached hydrogen (secondary N) is 1. The van der Waals surface area contributed by atoms with Crippen molar-refractivity contribution in [3.05, 3.63) is 36.2 Å². The first-order valence-corrected chi connectivity index (χ1v) is 6.35. The molecule has 0 spiro atoms. The second kappa shape index (κ2) is 4.80. The van der Waals surface area contributed by atoms with Crippen molar-refractivity contribution in [1.82, 2.24) is 15.5 Å². The van der Waals surface area contributed by atoms with Gasteiger partial charge in [0.2, 0.25) is 0 Å². The van der Waals surface area contributed by atoms with Crippen molar-refractivity contribution in [2.45, 2.75) is 31.7 Å². The monoisotopic (exact) mass is 227 g/mol. The summed E-state index contributed by atoms with van der Waals surface area (Å²) in [7, 11) is 0. The maximum absolute atomic E-state index is 4.00. The molecule has 1 fully saturated rings. The number of fused-ring (bicyclic) bond motifs is 1. The highest BCUT2D eigenvalue weighted by Gasteiger charge is 2.14. The summed E-state index contributed by atoms with van der Waals surface area (Å²) in [6, 6.07) is 7.05. The van der Waals surface area contributed by atoms with Crippen molar-refractivity contribution in [3.63, 3.8) is 0 Å². The predicted molar refractivity (Wildman–Crippen MR) is 68.9 cm³/mol. The van der Waals surface area contributed by atoms with Gasteiger partial charge in [-0.25, -0.2) is 0 Å². The van der Waals surface area contributed by atoms with E-state index >= 15 is 0 Å². The van der Waals surface area contributed by atoms with E-state index in [4.69, 9.17) is 0 Å². The second-order valence-electron chi connectivity index (χ2n) is 4.76. The normalized spacial score (nSPS) is 20.6. The molecule has 3 heteroatoms. The maximum atomic E-state index is 4.00. The van der Waals surface area contributed by atoms with Gasteiger partial charge < -0.3 is 5.32 Å². The van der Waals surface area contributed by atoms with Crippen molar-refractivity contribution < 1.29 is 0 Å². The lowest BCUT2D eigenvalue weighted by atomic mass is 9.95. The Bertz CT molecular complexity index is 498. The van der Waals surface area contributed by atoms with E-state index in [0.29, 0.717) is 6.04 Å². The lowest BCUT2D eigenvalue weighted by Gasteiger charge is -2.23. The van der Waals surface area contributed by atoms with E-state index < -0.39 is 0 Å². The van der Waals surface area contributed by atoms with Gasteiger partial charge in [0, 0.05) is 16.8 Å². The standard InChI is InChI=1S/C14H17N3/c1-2-7-15-13(6-1)8-11-4-3-5-12-9-16-17-10-14(11)12/h3-5,9-10,13,15H,1-2,6-8H2. The first-order chi connectivity index (χ1) is 8.43. The molecule has 88 valence electrons. The van der Waals surface area contributed by atoms with E-state index in [9.17, 15) is 0 Å². The summed E-state index contributed by atoms with van der Waals surface area (Å²) in [5, 5.41) is 14.0. The molecule has 2 heterocycles. The van der Waals surface area contributed by atoms with Crippen molar-refractivity contribution in [3.8, 4) is 0 Å². The minimum Gasteiger partial charge on any atom is -0.314 e. The summed E-state index contributed by atoms with van der Waals surface area (Å²) < 4.78 is 0. The van der Waals surface area contributed by atoms with Crippen molar-refractivity contribution in [2.75, 3.05) is 6.54 Å². The van der Waals surface area contributed by atoms with Crippen LogP contribution in [0, 0.1) is 0 Å². The van der Waals surface area contributed by atoms with E-state index in [1.807, 2.05) is 12.4 Å². The molecular formula is C14H17N3. The van der Waals surface area contributed by atoms with E-state index in [0.717, 1.165) is 13.0 Å². The van der Waals surface area contributed by atoms with Crippen LogP contribution in [0.15, 0.2) is 30.6 Å². The Kier molecular flexibility index (Phi) is 3.01. The smallest absolute Gasteiger partial charge is 0.0577 e. The van der Waals surface area contributed by atoms with E-state index in [1.54, 1.807) is 0 Å². The third kappa shape index (κ3) is 2.29. The van der Waals surface area contributed by atoms with Crippen molar-refractivity contribution >= 4 is 10.8 Å². The van der Waals surface area contributed by atoms with Gasteiger partial charge in [0.15, 0.2) is 0 Å². The molecule has 0 saturated carbocycles. The van der Waals surface area contributed by atoms with Crippen LogP contribution < -0.4 is 5.32 Å². The Hall–Kier alpha value is -1.48. The zero-order chi connectivity index (χ0) is 11.5. The van der Waals surface area contributed by atoms with Crippen LogP contribution in [0.1, 0.15) is 24.8 Å². The molecule has 1 aromatic carbocycles. The number of hydrogen-bond acceptors (Lipinski definition) is 3. The maximum Gasteiger partial charge on any atom is 0.0577 e. The summed E-state index contributed by atoms with van der Waals surface area (Å²) >= 11 is 0. The highest BCUT2D eigenvalue weighted by Crippen LogP contribution is 2.20. The molecule has 17 heavy (non-hydrogen) atoms. The van der Waals surface area contributed by atoms with Crippen LogP contribution in [0.3, 0.4) is 0 Å². The SMILES string of the molecule is c1cc(CC2CCCCN2)c2cnncc2c1. The molecule has 0 amide bonds. The second-order valence-corrected chi connectivity index (χ2v) is 4.76. The van der Waals surface area contributed by atoms with Crippen LogP contribution in [0.2, 0.25) is 0 Å². The van der Waals surface area contributed by atoms with E-state index in [2.05, 4.69) is 33.7 Å². The van der Waals surface area contributed by atoms with Gasteiger partial charge in [-0.3, -0.25) is 0 Å². The van der Waals surface area contributed by atoms with Crippen LogP contribution in [0.25, 0.3) is 10.8 Å². The van der Waals surface area contributed by atoms with Gasteiger partial charge in [0.25, 0.3) is 0 Å². The minimum atomic E-state index is 0.627. The lowest BCUT2D eigenvalue weighted by Crippen LogP contribution is -2.35. The number of aromatic nitrogens is 2. The quantitative estimate of drug-likeness (QED) is 0.855. The van der Waals surface area contributed by atoms with Gasteiger partial charge in [0.05, 0.1) is 12.4 Å². The van der Waals surface area contributed by atoms with Gasteiger partial charge >= 0.3 is 0 Å². The van der Waals surface area contributed by atoms with Gasteiger partial charge in [0.1, 0.15) is 0 Å². The average molecular weight is 227 g/mol. The Morgan fingerprint density at radius 2 is 2.12 bits per heavy atom. The van der Waals surface area contributed by atoms with Crippen LogP contribution in [-0.4, -0.2) is 22.8 Å². The number of hydrogen-bond donors (Lipinski definition) is 1. The molecular weight excluding hydrogens is 210 g/mol. The van der Waals surface area contributed by atoms with Crippen LogP contribution in [0.4, 0.5) is 0 Å². The topological polar surface area (TPSA) is 37.8 Å². The molecule has 0 bridgehead atoms. The first-order valence-electron chi connectivity index (χ1n) is 6.35. The number of rotatable bonds is 2. The fourth-order valence-corrected chi connectivity index (χ4v) is 2.63. The number of benzene rings is 1. The fourth-order valence-electron chi connectivity index (χ4n) is 2.63. The largest absolute Gasteiger partial charge is 0.314 e. The fraction of sp³-hybridized carbons (Fsp3) is 0.429. The van der Waals surface area contributed by atoms with E-state index in [-0.39, 0.29) is 0 Å². The molecule has 1 aliphatic heterocycles. The predicted octanol–water partition coefficient (Wildman–Crippen LogP) is 2.31. The number of nitrogens with zero attached hydrogens (tertiary/aromatic N) is 2. The molecule has 2 aromatic rings. The van der Waals surface area contributed by atoms with Crippen LogP contribution in [-0.2, 0) is 6.42 Å². The molecule has 1 N–H and O–H groups in total. The van der Waals surface area contributed by atoms with Crippen LogP contribution >= 0.6 is 0 Å². The van der Waals surface area contributed by atoms with Crippen molar-refractivity contribution in [2.24, 2.45) is 0 Å². The van der Waals surface area contributed by atoms with Crippen molar-refractivity contribution in [1.29, 1.82) is 0 Å². The molecule has 1 unspecified atom stereocenters. The van der Waals surface area contributed by atoms with Gasteiger partial charge in [-0.05, 0) is 31.4 Å². The number of piperidine rings is 1. The zero-order valence-electron chi connectivity index (χ0n) is 9.89. The Morgan fingerprint density at radius 3 is 3.00 bits per heavy atom. The molecule has 1 aromatic heterocycles. The molecule has 3 rings (SSSR count). The summed E-state index contributed by atoms with van der Waals surface area (Å²) in [6.07, 6.45) is 8.78. The molecule has 0 aliphatic carbocycles. The van der Waals surface area contributed by atoms with E-state index in [1.165, 1.54) is 35.6 Å². The third-order valence-electron chi connectivity index (χ3n) is 3.56. The zero-order valence-corrected chi connectivity index (χ0v) is 9.89. The Labute approximate surface area is 101 Å². The molecule has 1 aliphatic rings. The van der Waals surface area contributed by atoms with Gasteiger partial charge in [-0.2, -0.15) is 10.2 Å². The molecule has 0 radical (unpaired) electrons. The Morgan fingerprint density at radius 1 is 1.18 bits per heavy atom. The summed E-state index contributed by atoms with van der Waals surface area (Å²) in [5.74, 6) is 0. The van der Waals surface area contributed by atoms with Gasteiger partial charge in [-0.1, -0.05) is 24.6 Å². The molecule has 1 atom stereocenters. The van der Waals surface area contributed by atoms with Gasteiger partial charge in [-0.15, -0.1) is 0 Å². The third-order valence-corrected chi connectivity index (χ3v) is 3.56. The summed E-state index contributed by atoms with van der Waals surface area (Å²) in [6.45, 7) is 1.16. The van der Waals surface area contributed by atoms with Crippen LogP contribution in [0.5, 0.6) is 0 Å².